The van der Waals surface area contributed by atoms with Crippen LogP contribution in [-0.4, -0.2) is 43.1 Å². The van der Waals surface area contributed by atoms with Crippen molar-refractivity contribution in [2.45, 2.75) is 19.9 Å². The molecule has 0 radical (unpaired) electrons. The molecule has 0 unspecified atom stereocenters. The Morgan fingerprint density at radius 3 is 2.34 bits per heavy atom. The summed E-state index contributed by atoms with van der Waals surface area (Å²) in [6, 6.07) is 15.0. The van der Waals surface area contributed by atoms with Gasteiger partial charge in [0.1, 0.15) is 29.0 Å². The molecule has 0 spiro atoms. The van der Waals surface area contributed by atoms with Gasteiger partial charge in [-0.3, -0.25) is 14.5 Å². The molecule has 0 aliphatic carbocycles. The van der Waals surface area contributed by atoms with E-state index in [1.807, 2.05) is 32.0 Å². The first-order valence-electron chi connectivity index (χ1n) is 11.8. The SMILES string of the molecule is COc1ccc(OC)c([C@H]2C(=C(O)c3ccc(OC)c(C)c3)C(=O)C(=O)N2c2nc3ccc(C)cc3s2)c1. The van der Waals surface area contributed by atoms with Crippen LogP contribution in [0.5, 0.6) is 17.2 Å². The molecule has 1 aliphatic rings. The smallest absolute Gasteiger partial charge is 0.301 e. The number of aliphatic hydroxyl groups excluding tert-OH is 1. The molecule has 0 bridgehead atoms. The summed E-state index contributed by atoms with van der Waals surface area (Å²) in [5.74, 6) is -0.340. The number of nitrogens with zero attached hydrogens (tertiary/aromatic N) is 2. The van der Waals surface area contributed by atoms with Crippen LogP contribution in [0.4, 0.5) is 5.13 Å². The van der Waals surface area contributed by atoms with Crippen LogP contribution in [-0.2, 0) is 9.59 Å². The highest BCUT2D eigenvalue weighted by molar-refractivity contribution is 7.22. The van der Waals surface area contributed by atoms with E-state index in [1.165, 1.54) is 30.5 Å². The van der Waals surface area contributed by atoms with Crippen LogP contribution in [0.25, 0.3) is 16.0 Å². The predicted octanol–water partition coefficient (Wildman–Crippen LogP) is 5.57. The molecule has 1 amide bonds. The number of Topliss-reactive ketones (excluding diaryl/α,β-unsaturated/α-hetero) is 1. The lowest BCUT2D eigenvalue weighted by Crippen LogP contribution is -2.29. The van der Waals surface area contributed by atoms with E-state index < -0.39 is 17.7 Å². The number of anilines is 1. The number of ether oxygens (including phenoxy) is 3. The zero-order valence-corrected chi connectivity index (χ0v) is 22.4. The van der Waals surface area contributed by atoms with Gasteiger partial charge in [-0.1, -0.05) is 17.4 Å². The van der Waals surface area contributed by atoms with E-state index in [2.05, 4.69) is 4.98 Å². The van der Waals surface area contributed by atoms with Crippen LogP contribution in [0.2, 0.25) is 0 Å². The van der Waals surface area contributed by atoms with Crippen LogP contribution in [0.3, 0.4) is 0 Å². The van der Waals surface area contributed by atoms with Gasteiger partial charge in [-0.05, 0) is 73.5 Å². The third kappa shape index (κ3) is 4.14. The standard InChI is InChI=1S/C29H26N2O6S/c1-15-6-9-20-23(12-15)38-29(30-20)31-25(19-14-18(35-3)8-11-22(19)37-5)24(27(33)28(31)34)26(32)17-7-10-21(36-4)16(2)13-17/h6-14,25,32H,1-5H3/t25-/m0/s1. The summed E-state index contributed by atoms with van der Waals surface area (Å²) in [7, 11) is 4.59. The number of carbonyl (C=O) groups excluding carboxylic acids is 2. The topological polar surface area (TPSA) is 98.2 Å². The summed E-state index contributed by atoms with van der Waals surface area (Å²) in [6.07, 6.45) is 0. The molecule has 38 heavy (non-hydrogen) atoms. The Kier molecular flexibility index (Phi) is 6.54. The summed E-state index contributed by atoms with van der Waals surface area (Å²) < 4.78 is 17.3. The minimum atomic E-state index is -1.01. The minimum Gasteiger partial charge on any atom is -0.507 e. The molecular formula is C29H26N2O6S. The number of benzene rings is 3. The first kappa shape index (κ1) is 25.3. The zero-order chi connectivity index (χ0) is 27.1. The molecule has 1 saturated heterocycles. The Morgan fingerprint density at radius 2 is 1.66 bits per heavy atom. The fourth-order valence-electron chi connectivity index (χ4n) is 4.68. The number of aryl methyl sites for hydroxylation is 2. The van der Waals surface area contributed by atoms with Crippen molar-refractivity contribution in [2.75, 3.05) is 26.2 Å². The third-order valence-corrected chi connectivity index (χ3v) is 7.60. The summed E-state index contributed by atoms with van der Waals surface area (Å²) >= 11 is 1.30. The van der Waals surface area contributed by atoms with E-state index in [1.54, 1.807) is 43.5 Å². The fourth-order valence-corrected chi connectivity index (χ4v) is 5.77. The van der Waals surface area contributed by atoms with Gasteiger partial charge in [0.2, 0.25) is 0 Å². The lowest BCUT2D eigenvalue weighted by atomic mass is 9.94. The zero-order valence-electron chi connectivity index (χ0n) is 21.6. The summed E-state index contributed by atoms with van der Waals surface area (Å²) in [6.45, 7) is 3.81. The van der Waals surface area contributed by atoms with Gasteiger partial charge in [-0.2, -0.15) is 0 Å². The van der Waals surface area contributed by atoms with Gasteiger partial charge in [-0.15, -0.1) is 0 Å². The molecule has 194 valence electrons. The maximum absolute atomic E-state index is 13.6. The second-order valence-electron chi connectivity index (χ2n) is 8.93. The minimum absolute atomic E-state index is 0.0680. The number of fused-ring (bicyclic) bond motifs is 1. The second kappa shape index (κ2) is 9.83. The van der Waals surface area contributed by atoms with E-state index in [4.69, 9.17) is 14.2 Å². The lowest BCUT2D eigenvalue weighted by molar-refractivity contribution is -0.132. The summed E-state index contributed by atoms with van der Waals surface area (Å²) in [5.41, 5.74) is 3.32. The molecule has 0 saturated carbocycles. The normalized spacial score (nSPS) is 16.8. The van der Waals surface area contributed by atoms with Crippen molar-refractivity contribution in [2.24, 2.45) is 0 Å². The Balaban J connectivity index is 1.78. The second-order valence-corrected chi connectivity index (χ2v) is 9.94. The Bertz CT molecular complexity index is 1620. The number of aromatic nitrogens is 1. The Hall–Kier alpha value is -4.37. The third-order valence-electron chi connectivity index (χ3n) is 6.58. The Labute approximate surface area is 223 Å². The fraction of sp³-hybridized carbons (Fsp3) is 0.207. The quantitative estimate of drug-likeness (QED) is 0.198. The molecule has 8 nitrogen and oxygen atoms in total. The van der Waals surface area contributed by atoms with Gasteiger partial charge in [0, 0.05) is 11.1 Å². The number of hydrogen-bond acceptors (Lipinski definition) is 8. The molecule has 1 fully saturated rings. The maximum atomic E-state index is 13.6. The number of hydrogen-bond donors (Lipinski definition) is 1. The summed E-state index contributed by atoms with van der Waals surface area (Å²) in [4.78, 5) is 33.2. The molecule has 1 N–H and O–H groups in total. The van der Waals surface area contributed by atoms with Crippen LogP contribution >= 0.6 is 11.3 Å². The van der Waals surface area contributed by atoms with Crippen molar-refractivity contribution in [1.29, 1.82) is 0 Å². The number of rotatable bonds is 6. The number of aliphatic hydroxyl groups is 1. The molecule has 3 aromatic carbocycles. The van der Waals surface area contributed by atoms with Crippen molar-refractivity contribution in [3.8, 4) is 17.2 Å². The molecule has 2 heterocycles. The van der Waals surface area contributed by atoms with Crippen LogP contribution in [0, 0.1) is 13.8 Å². The number of thiazole rings is 1. The van der Waals surface area contributed by atoms with Crippen molar-refractivity contribution >= 4 is 44.1 Å². The van der Waals surface area contributed by atoms with E-state index in [0.29, 0.717) is 39.0 Å². The maximum Gasteiger partial charge on any atom is 0.301 e. The average Bonchev–Trinajstić information content (AvgIpc) is 3.45. The van der Waals surface area contributed by atoms with Crippen molar-refractivity contribution in [3.63, 3.8) is 0 Å². The largest absolute Gasteiger partial charge is 0.507 e. The van der Waals surface area contributed by atoms with E-state index in [-0.39, 0.29) is 11.3 Å². The van der Waals surface area contributed by atoms with E-state index in [9.17, 15) is 14.7 Å². The van der Waals surface area contributed by atoms with Gasteiger partial charge in [0.05, 0.1) is 37.1 Å². The number of carbonyl (C=O) groups is 2. The summed E-state index contributed by atoms with van der Waals surface area (Å²) in [5, 5.41) is 11.8. The van der Waals surface area contributed by atoms with Crippen molar-refractivity contribution < 1.29 is 28.9 Å². The van der Waals surface area contributed by atoms with Crippen LogP contribution in [0.1, 0.15) is 28.3 Å². The predicted molar refractivity (Wildman–Crippen MR) is 146 cm³/mol. The molecule has 4 aromatic rings. The molecule has 1 aliphatic heterocycles. The highest BCUT2D eigenvalue weighted by Gasteiger charge is 2.49. The Morgan fingerprint density at radius 1 is 0.921 bits per heavy atom. The van der Waals surface area contributed by atoms with Crippen LogP contribution < -0.4 is 19.1 Å². The van der Waals surface area contributed by atoms with E-state index in [0.717, 1.165) is 15.8 Å². The van der Waals surface area contributed by atoms with Gasteiger partial charge < -0.3 is 19.3 Å². The highest BCUT2D eigenvalue weighted by Crippen LogP contribution is 2.47. The molecule has 5 rings (SSSR count). The molecule has 9 heteroatoms. The van der Waals surface area contributed by atoms with E-state index >= 15 is 0 Å². The van der Waals surface area contributed by atoms with Gasteiger partial charge in [0.15, 0.2) is 5.13 Å². The van der Waals surface area contributed by atoms with Gasteiger partial charge in [-0.25, -0.2) is 4.98 Å². The van der Waals surface area contributed by atoms with Gasteiger partial charge >= 0.3 is 5.91 Å². The molecule has 1 aromatic heterocycles. The van der Waals surface area contributed by atoms with Crippen molar-refractivity contribution in [1.82, 2.24) is 4.98 Å². The highest BCUT2D eigenvalue weighted by atomic mass is 32.1. The van der Waals surface area contributed by atoms with Crippen molar-refractivity contribution in [3.05, 3.63) is 82.4 Å². The average molecular weight is 531 g/mol. The van der Waals surface area contributed by atoms with Crippen LogP contribution in [0.15, 0.2) is 60.2 Å². The monoisotopic (exact) mass is 530 g/mol. The van der Waals surface area contributed by atoms with Gasteiger partial charge in [0.25, 0.3) is 5.78 Å². The first-order valence-corrected chi connectivity index (χ1v) is 12.6. The molecular weight excluding hydrogens is 504 g/mol. The molecule has 1 atom stereocenters. The number of amides is 1. The first-order chi connectivity index (χ1) is 18.3. The number of ketones is 1. The lowest BCUT2D eigenvalue weighted by Gasteiger charge is -2.25. The number of methoxy groups -OCH3 is 3.